The van der Waals surface area contributed by atoms with E-state index in [0.29, 0.717) is 43.5 Å². The van der Waals surface area contributed by atoms with Crippen molar-refractivity contribution in [1.29, 1.82) is 0 Å². The van der Waals surface area contributed by atoms with Gasteiger partial charge in [0.25, 0.3) is 11.8 Å². The molecule has 1 saturated carbocycles. The average molecular weight is 657 g/mol. The molecule has 0 saturated heterocycles. The zero-order valence-electron chi connectivity index (χ0n) is 24.5. The Kier molecular flexibility index (Phi) is 9.83. The molecule has 5 rings (SSSR count). The van der Waals surface area contributed by atoms with Crippen molar-refractivity contribution in [3.05, 3.63) is 81.5 Å². The number of amides is 3. The van der Waals surface area contributed by atoms with Gasteiger partial charge in [-0.05, 0) is 79.1 Å². The number of methoxy groups -OCH3 is 1. The molecule has 0 unspecified atom stereocenters. The first kappa shape index (κ1) is 32.1. The smallest absolute Gasteiger partial charge is 0.404 e. The van der Waals surface area contributed by atoms with E-state index >= 15 is 0 Å². The molecule has 3 N–H and O–H groups in total. The van der Waals surface area contributed by atoms with E-state index in [-0.39, 0.29) is 50.1 Å². The van der Waals surface area contributed by atoms with Crippen molar-refractivity contribution in [2.75, 3.05) is 20.7 Å². The van der Waals surface area contributed by atoms with E-state index in [2.05, 4.69) is 15.6 Å². The van der Waals surface area contributed by atoms with Crippen LogP contribution in [-0.4, -0.2) is 59.6 Å². The Morgan fingerprint density at radius 1 is 1.07 bits per heavy atom. The molecule has 0 radical (unpaired) electrons. The quantitative estimate of drug-likeness (QED) is 0.184. The number of carbonyl (C=O) groups excluding carboxylic acids is 2. The van der Waals surface area contributed by atoms with Crippen LogP contribution < -0.4 is 15.4 Å². The molecule has 2 aromatic heterocycles. The molecule has 0 bridgehead atoms. The average Bonchev–Trinajstić information content (AvgIpc) is 3.42. The van der Waals surface area contributed by atoms with Gasteiger partial charge in [0, 0.05) is 37.9 Å². The largest absolute Gasteiger partial charge is 0.496 e. The first-order valence-corrected chi connectivity index (χ1v) is 15.5. The van der Waals surface area contributed by atoms with Crippen molar-refractivity contribution in [2.24, 2.45) is 5.92 Å². The van der Waals surface area contributed by atoms with E-state index in [1.807, 2.05) is 12.1 Å². The Morgan fingerprint density at radius 2 is 1.78 bits per heavy atom. The fraction of sp³-hybridized carbons (Fsp3) is 0.312. The van der Waals surface area contributed by atoms with E-state index in [4.69, 9.17) is 21.4 Å². The minimum atomic E-state index is -1.09. The molecular formula is C32H31ClF2N4O5S. The Balaban J connectivity index is 1.52. The Morgan fingerprint density at radius 3 is 2.44 bits per heavy atom. The predicted molar refractivity (Wildman–Crippen MR) is 168 cm³/mol. The Labute approximate surface area is 267 Å². The van der Waals surface area contributed by atoms with Gasteiger partial charge in [-0.15, -0.1) is 11.3 Å². The molecule has 1 fully saturated rings. The molecule has 9 nitrogen and oxygen atoms in total. The van der Waals surface area contributed by atoms with Crippen LogP contribution in [0.1, 0.15) is 51.4 Å². The Bertz CT molecular complexity index is 1760. The van der Waals surface area contributed by atoms with Crippen LogP contribution >= 0.6 is 22.9 Å². The molecule has 3 amide bonds. The number of hydrogen-bond acceptors (Lipinski definition) is 6. The van der Waals surface area contributed by atoms with Crippen molar-refractivity contribution in [2.45, 2.75) is 38.3 Å². The number of carbonyl (C=O) groups is 3. The second-order valence-corrected chi connectivity index (χ2v) is 12.2. The number of hydrogen-bond donors (Lipinski definition) is 3. The van der Waals surface area contributed by atoms with Crippen LogP contribution in [0.5, 0.6) is 5.75 Å². The van der Waals surface area contributed by atoms with Gasteiger partial charge in [-0.1, -0.05) is 17.7 Å². The monoisotopic (exact) mass is 656 g/mol. The van der Waals surface area contributed by atoms with Gasteiger partial charge in [0.05, 0.1) is 22.2 Å². The van der Waals surface area contributed by atoms with Crippen LogP contribution in [0.15, 0.2) is 48.7 Å². The zero-order chi connectivity index (χ0) is 32.2. The number of halogens is 3. The summed E-state index contributed by atoms with van der Waals surface area (Å²) in [7, 11) is 3.05. The van der Waals surface area contributed by atoms with E-state index in [1.54, 1.807) is 29.3 Å². The third kappa shape index (κ3) is 6.86. The van der Waals surface area contributed by atoms with Crippen molar-refractivity contribution >= 4 is 50.9 Å². The standard InChI is InChI=1S/C32H31ClF2N4O5S/c1-36-30(40)24-14-19(11-12-37-24)18-5-10-25(44-2)20(13-18)16-39(21-6-3-17(4-7-21)15-38-32(42)43)31(41)29-27(33)26-22(34)8-9-23(35)28(26)45-29/h5,8-14,17,21,38H,3-4,6-7,15-16H2,1-2H3,(H,36,40)(H,42,43). The fourth-order valence-corrected chi connectivity index (χ4v) is 7.26. The van der Waals surface area contributed by atoms with Crippen LogP contribution in [-0.2, 0) is 6.54 Å². The van der Waals surface area contributed by atoms with Gasteiger partial charge in [-0.2, -0.15) is 0 Å². The lowest BCUT2D eigenvalue weighted by molar-refractivity contribution is 0.0592. The summed E-state index contributed by atoms with van der Waals surface area (Å²) in [4.78, 5) is 43.3. The maximum absolute atomic E-state index is 14.7. The van der Waals surface area contributed by atoms with E-state index in [9.17, 15) is 23.2 Å². The SMILES string of the molecule is CNC(=O)c1cc(-c2ccc(OC)c(CN(C(=O)c3sc4c(F)ccc(F)c4c3Cl)C3CCC(CNC(=O)O)CC3)c2)ccn1. The summed E-state index contributed by atoms with van der Waals surface area (Å²) in [5.41, 5.74) is 2.41. The topological polar surface area (TPSA) is 121 Å². The Hall–Kier alpha value is -4.29. The van der Waals surface area contributed by atoms with E-state index < -0.39 is 23.6 Å². The third-order valence-corrected chi connectivity index (χ3v) is 9.79. The number of fused-ring (bicyclic) bond motifs is 1. The van der Waals surface area contributed by atoms with Gasteiger partial charge in [0.2, 0.25) is 0 Å². The number of nitrogens with one attached hydrogen (secondary N) is 2. The third-order valence-electron chi connectivity index (χ3n) is 8.11. The number of thiophene rings is 1. The molecule has 2 aromatic carbocycles. The highest BCUT2D eigenvalue weighted by atomic mass is 35.5. The normalized spacial score (nSPS) is 16.3. The molecule has 0 atom stereocenters. The van der Waals surface area contributed by atoms with Crippen LogP contribution in [0.25, 0.3) is 21.2 Å². The molecule has 1 aliphatic rings. The van der Waals surface area contributed by atoms with Gasteiger partial charge < -0.3 is 25.4 Å². The number of pyridine rings is 1. The van der Waals surface area contributed by atoms with Crippen molar-refractivity contribution in [1.82, 2.24) is 20.5 Å². The number of rotatable bonds is 9. The fourth-order valence-electron chi connectivity index (χ4n) is 5.75. The maximum Gasteiger partial charge on any atom is 0.404 e. The van der Waals surface area contributed by atoms with Crippen molar-refractivity contribution in [3.63, 3.8) is 0 Å². The van der Waals surface area contributed by atoms with Gasteiger partial charge in [-0.25, -0.2) is 13.6 Å². The van der Waals surface area contributed by atoms with E-state index in [1.165, 1.54) is 14.2 Å². The lowest BCUT2D eigenvalue weighted by atomic mass is 9.85. The molecule has 0 aliphatic heterocycles. The summed E-state index contributed by atoms with van der Waals surface area (Å²) in [6.07, 6.45) is 2.98. The molecule has 4 aromatic rings. The van der Waals surface area contributed by atoms with Gasteiger partial charge in [-0.3, -0.25) is 14.6 Å². The second-order valence-electron chi connectivity index (χ2n) is 10.8. The number of ether oxygens (including phenoxy) is 1. The highest BCUT2D eigenvalue weighted by Crippen LogP contribution is 2.41. The van der Waals surface area contributed by atoms with Crippen molar-refractivity contribution in [3.8, 4) is 16.9 Å². The molecule has 45 heavy (non-hydrogen) atoms. The van der Waals surface area contributed by atoms with Gasteiger partial charge >= 0.3 is 6.09 Å². The summed E-state index contributed by atoms with van der Waals surface area (Å²) in [6.45, 7) is 0.415. The number of benzene rings is 2. The van der Waals surface area contributed by atoms with Crippen molar-refractivity contribution < 1.29 is 33.0 Å². The van der Waals surface area contributed by atoms with E-state index in [0.717, 1.165) is 34.6 Å². The number of aromatic nitrogens is 1. The summed E-state index contributed by atoms with van der Waals surface area (Å²) in [5, 5.41) is 13.7. The molecule has 0 spiro atoms. The minimum absolute atomic E-state index is 0.0315. The molecule has 1 aliphatic carbocycles. The van der Waals surface area contributed by atoms with Crippen LogP contribution in [0.3, 0.4) is 0 Å². The first-order valence-electron chi connectivity index (χ1n) is 14.3. The number of nitrogens with zero attached hydrogens (tertiary/aromatic N) is 2. The van der Waals surface area contributed by atoms with Gasteiger partial charge in [0.15, 0.2) is 0 Å². The van der Waals surface area contributed by atoms with Gasteiger partial charge in [0.1, 0.15) is 28.0 Å². The molecule has 236 valence electrons. The summed E-state index contributed by atoms with van der Waals surface area (Å²) >= 11 is 7.37. The minimum Gasteiger partial charge on any atom is -0.496 e. The van der Waals surface area contributed by atoms with Crippen LogP contribution in [0.4, 0.5) is 13.6 Å². The lowest BCUT2D eigenvalue weighted by Crippen LogP contribution is -2.43. The lowest BCUT2D eigenvalue weighted by Gasteiger charge is -2.37. The molecule has 13 heteroatoms. The summed E-state index contributed by atoms with van der Waals surface area (Å²) < 4.78 is 35.0. The van der Waals surface area contributed by atoms with Crippen LogP contribution in [0, 0.1) is 17.6 Å². The second kappa shape index (κ2) is 13.8. The maximum atomic E-state index is 14.7. The first-order chi connectivity index (χ1) is 21.6. The number of carboxylic acid groups (broad SMARTS) is 1. The molecular weight excluding hydrogens is 626 g/mol. The highest BCUT2D eigenvalue weighted by molar-refractivity contribution is 7.21. The highest BCUT2D eigenvalue weighted by Gasteiger charge is 2.33. The summed E-state index contributed by atoms with van der Waals surface area (Å²) in [6, 6.07) is 10.7. The summed E-state index contributed by atoms with van der Waals surface area (Å²) in [5.74, 6) is -1.54. The predicted octanol–water partition coefficient (Wildman–Crippen LogP) is 6.73. The van der Waals surface area contributed by atoms with Crippen LogP contribution in [0.2, 0.25) is 5.02 Å². The zero-order valence-corrected chi connectivity index (χ0v) is 26.1. The molecule has 2 heterocycles.